The second kappa shape index (κ2) is 16.2. The molecule has 0 atom stereocenters. The van der Waals surface area contributed by atoms with E-state index in [-0.39, 0.29) is 29.2 Å². The maximum atomic E-state index is 13.4. The Bertz CT molecular complexity index is 2090. The Morgan fingerprint density at radius 2 is 1.11 bits per heavy atom. The number of nitrogens with zero attached hydrogens (tertiary/aromatic N) is 4. The average molecular weight is 815 g/mol. The maximum Gasteiger partial charge on any atom is 0.410 e. The Morgan fingerprint density at radius 1 is 0.614 bits per heavy atom. The molecule has 0 saturated carbocycles. The zero-order chi connectivity index (χ0) is 40.8. The van der Waals surface area contributed by atoms with E-state index in [9.17, 15) is 14.4 Å². The Hall–Kier alpha value is -3.67. The summed E-state index contributed by atoms with van der Waals surface area (Å²) in [5.41, 5.74) is 1.76. The van der Waals surface area contributed by atoms with Gasteiger partial charge in [0.25, 0.3) is 5.91 Å². The van der Waals surface area contributed by atoms with Gasteiger partial charge in [-0.05, 0) is 159 Å². The fraction of sp³-hybridized carbons (Fsp3) is 0.587. The van der Waals surface area contributed by atoms with E-state index < -0.39 is 11.2 Å². The van der Waals surface area contributed by atoms with Gasteiger partial charge in [0.15, 0.2) is 0 Å². The van der Waals surface area contributed by atoms with Crippen LogP contribution in [0.2, 0.25) is 0 Å². The van der Waals surface area contributed by atoms with Crippen LogP contribution in [-0.2, 0) is 16.0 Å². The fourth-order valence-electron chi connectivity index (χ4n) is 9.28. The monoisotopic (exact) mass is 814 g/mol. The van der Waals surface area contributed by atoms with Crippen molar-refractivity contribution in [3.05, 3.63) is 69.4 Å². The number of hydrogen-bond acceptors (Lipinski definition) is 8. The smallest absolute Gasteiger partial charge is 0.410 e. The molecule has 4 fully saturated rings. The summed E-state index contributed by atoms with van der Waals surface area (Å²) in [6, 6.07) is 17.5. The molecule has 0 radical (unpaired) electrons. The molecule has 308 valence electrons. The largest absolute Gasteiger partial charge is 0.444 e. The second-order valence-corrected chi connectivity index (χ2v) is 21.1. The van der Waals surface area contributed by atoms with Crippen molar-refractivity contribution in [1.29, 1.82) is 0 Å². The van der Waals surface area contributed by atoms with Crippen molar-refractivity contribution in [2.24, 2.45) is 0 Å². The van der Waals surface area contributed by atoms with Gasteiger partial charge >= 0.3 is 12.2 Å². The average Bonchev–Trinajstić information content (AvgIpc) is 3.93. The molecule has 0 unspecified atom stereocenters. The van der Waals surface area contributed by atoms with Gasteiger partial charge in [-0.3, -0.25) is 9.69 Å². The number of carbonyl (C=O) groups is 3. The maximum absolute atomic E-state index is 13.4. The molecule has 2 spiro atoms. The minimum Gasteiger partial charge on any atom is -0.444 e. The summed E-state index contributed by atoms with van der Waals surface area (Å²) in [4.78, 5) is 49.0. The highest BCUT2D eigenvalue weighted by Crippen LogP contribution is 2.42. The number of fused-ring (bicyclic) bond motifs is 2. The molecule has 57 heavy (non-hydrogen) atoms. The van der Waals surface area contributed by atoms with Gasteiger partial charge in [-0.1, -0.05) is 24.3 Å². The molecule has 11 heteroatoms. The molecular weight excluding hydrogens is 753 g/mol. The number of benzene rings is 2. The SMILES string of the molecule is Cc1ccc2cc(C(=O)N3CCCC34CCN(C(=O)OC(C)(C)C)CC4)sc2c1.Cc1ccc2cc(CN3CCCC34CCN(C(=O)OC(C)(C)C)CC4)sc2c1. The molecule has 4 aromatic rings. The van der Waals surface area contributed by atoms with Gasteiger partial charge in [0.1, 0.15) is 11.2 Å². The van der Waals surface area contributed by atoms with Crippen molar-refractivity contribution in [1.82, 2.24) is 19.6 Å². The quantitative estimate of drug-likeness (QED) is 0.205. The van der Waals surface area contributed by atoms with Crippen LogP contribution in [0, 0.1) is 13.8 Å². The number of likely N-dealkylation sites (tertiary alicyclic amines) is 4. The van der Waals surface area contributed by atoms with Gasteiger partial charge in [-0.25, -0.2) is 9.59 Å². The number of amides is 3. The minimum absolute atomic E-state index is 0.123. The topological polar surface area (TPSA) is 82.6 Å². The molecular formula is C46H62N4O5S2. The third-order valence-corrected chi connectivity index (χ3v) is 14.4. The standard InChI is InChI=1S/C23H30N2O3S.C23H32N2O2S/c1-16-6-7-17-15-19(29-18(17)14-16)20(26)25-11-5-8-23(25)9-12-24(13-10-23)21(27)28-22(2,3)4;1-17-6-7-18-15-19(28-20(18)14-17)16-25-11-5-8-23(25)9-12-24(13-10-23)21(26)27-22(2,3)4/h6-7,14-15H,5,8-13H2,1-4H3;6-7,14-15H,5,8-13,16H2,1-4H3. The van der Waals surface area contributed by atoms with Gasteiger partial charge in [0.05, 0.1) is 4.88 Å². The van der Waals surface area contributed by atoms with Crippen LogP contribution in [0.5, 0.6) is 0 Å². The lowest BCUT2D eigenvalue weighted by Gasteiger charge is -2.45. The predicted octanol–water partition coefficient (Wildman–Crippen LogP) is 10.8. The lowest BCUT2D eigenvalue weighted by Crippen LogP contribution is -2.55. The molecule has 9 nitrogen and oxygen atoms in total. The van der Waals surface area contributed by atoms with Crippen LogP contribution in [0.3, 0.4) is 0 Å². The summed E-state index contributed by atoms with van der Waals surface area (Å²) in [7, 11) is 0. The Kier molecular flexibility index (Phi) is 11.8. The molecule has 2 aromatic carbocycles. The summed E-state index contributed by atoms with van der Waals surface area (Å²) >= 11 is 3.52. The molecule has 0 aliphatic carbocycles. The minimum atomic E-state index is -0.485. The Labute approximate surface area is 347 Å². The number of rotatable bonds is 3. The van der Waals surface area contributed by atoms with Crippen molar-refractivity contribution in [2.45, 2.75) is 136 Å². The number of aryl methyl sites for hydroxylation is 2. The van der Waals surface area contributed by atoms with E-state index >= 15 is 0 Å². The highest BCUT2D eigenvalue weighted by molar-refractivity contribution is 7.20. The third-order valence-electron chi connectivity index (χ3n) is 12.2. The fourth-order valence-corrected chi connectivity index (χ4v) is 11.6. The molecule has 0 N–H and O–H groups in total. The molecule has 3 amide bonds. The van der Waals surface area contributed by atoms with Crippen molar-refractivity contribution in [3.8, 4) is 0 Å². The number of carbonyl (C=O) groups excluding carboxylic acids is 3. The summed E-state index contributed by atoms with van der Waals surface area (Å²) in [5, 5.41) is 2.50. The first-order chi connectivity index (χ1) is 26.9. The summed E-state index contributed by atoms with van der Waals surface area (Å²) in [6.07, 6.45) is 7.90. The van der Waals surface area contributed by atoms with Gasteiger partial charge in [-0.2, -0.15) is 0 Å². The number of piperidine rings is 2. The van der Waals surface area contributed by atoms with E-state index in [1.54, 1.807) is 16.2 Å². The van der Waals surface area contributed by atoms with E-state index in [1.807, 2.05) is 63.8 Å². The summed E-state index contributed by atoms with van der Waals surface area (Å²) in [5.74, 6) is 0.145. The van der Waals surface area contributed by atoms with Crippen LogP contribution < -0.4 is 0 Å². The molecule has 6 heterocycles. The molecule has 2 aromatic heterocycles. The molecule has 4 saturated heterocycles. The zero-order valence-corrected chi connectivity index (χ0v) is 37.0. The molecule has 4 aliphatic rings. The van der Waals surface area contributed by atoms with Crippen LogP contribution in [0.4, 0.5) is 9.59 Å². The van der Waals surface area contributed by atoms with Crippen molar-refractivity contribution in [3.63, 3.8) is 0 Å². The molecule has 0 bridgehead atoms. The van der Waals surface area contributed by atoms with Gasteiger partial charge in [0.2, 0.25) is 0 Å². The lowest BCUT2D eigenvalue weighted by atomic mass is 9.85. The first kappa shape index (κ1) is 41.5. The summed E-state index contributed by atoms with van der Waals surface area (Å²) < 4.78 is 13.7. The van der Waals surface area contributed by atoms with Gasteiger partial charge in [-0.15, -0.1) is 22.7 Å². The van der Waals surface area contributed by atoms with Crippen molar-refractivity contribution < 1.29 is 23.9 Å². The van der Waals surface area contributed by atoms with Gasteiger partial charge in [0, 0.05) is 64.6 Å². The first-order valence-electron chi connectivity index (χ1n) is 20.9. The van der Waals surface area contributed by atoms with Crippen molar-refractivity contribution in [2.75, 3.05) is 39.3 Å². The first-order valence-corrected chi connectivity index (χ1v) is 22.6. The normalized spacial score (nSPS) is 19.7. The van der Waals surface area contributed by atoms with Crippen LogP contribution in [0.15, 0.2) is 48.5 Å². The molecule has 8 rings (SSSR count). The van der Waals surface area contributed by atoms with Crippen LogP contribution in [-0.4, -0.2) is 99.2 Å². The summed E-state index contributed by atoms with van der Waals surface area (Å²) in [6.45, 7) is 21.6. The van der Waals surface area contributed by atoms with Crippen LogP contribution in [0.25, 0.3) is 20.2 Å². The van der Waals surface area contributed by atoms with Crippen LogP contribution >= 0.6 is 22.7 Å². The van der Waals surface area contributed by atoms with E-state index in [0.717, 1.165) is 75.0 Å². The van der Waals surface area contributed by atoms with E-state index in [0.29, 0.717) is 13.1 Å². The van der Waals surface area contributed by atoms with Gasteiger partial charge < -0.3 is 24.2 Å². The second-order valence-electron chi connectivity index (χ2n) is 18.9. The number of hydrogen-bond donors (Lipinski definition) is 0. The lowest BCUT2D eigenvalue weighted by molar-refractivity contribution is 0.00138. The predicted molar refractivity (Wildman–Crippen MR) is 233 cm³/mol. The van der Waals surface area contributed by atoms with Crippen molar-refractivity contribution >= 4 is 60.9 Å². The number of ether oxygens (including phenoxy) is 2. The zero-order valence-electron chi connectivity index (χ0n) is 35.4. The Balaban J connectivity index is 0.000000174. The third kappa shape index (κ3) is 9.47. The highest BCUT2D eigenvalue weighted by Gasteiger charge is 2.47. The highest BCUT2D eigenvalue weighted by atomic mass is 32.1. The molecule has 4 aliphatic heterocycles. The number of thiophene rings is 2. The van der Waals surface area contributed by atoms with Crippen LogP contribution in [0.1, 0.15) is 119 Å². The van der Waals surface area contributed by atoms with E-state index in [4.69, 9.17) is 9.47 Å². The van der Waals surface area contributed by atoms with E-state index in [1.165, 1.54) is 50.2 Å². The Morgan fingerprint density at radius 3 is 1.67 bits per heavy atom. The van der Waals surface area contributed by atoms with E-state index in [2.05, 4.69) is 66.1 Å².